The van der Waals surface area contributed by atoms with Gasteiger partial charge in [0.15, 0.2) is 0 Å². The summed E-state index contributed by atoms with van der Waals surface area (Å²) in [6, 6.07) is 7.98. The molecule has 0 saturated carbocycles. The minimum absolute atomic E-state index is 0.133. The predicted molar refractivity (Wildman–Crippen MR) is 100 cm³/mol. The maximum absolute atomic E-state index is 9.95. The highest BCUT2D eigenvalue weighted by atomic mass is 16.5. The summed E-state index contributed by atoms with van der Waals surface area (Å²) in [5, 5.41) is 9.95. The third-order valence-electron chi connectivity index (χ3n) is 6.15. The van der Waals surface area contributed by atoms with Gasteiger partial charge in [0, 0.05) is 57.0 Å². The summed E-state index contributed by atoms with van der Waals surface area (Å²) < 4.78 is 5.46. The van der Waals surface area contributed by atoms with E-state index in [1.807, 2.05) is 0 Å². The topological polar surface area (TPSA) is 39.2 Å². The molecule has 5 nitrogen and oxygen atoms in total. The number of hydrogen-bond acceptors (Lipinski definition) is 5. The molecular weight excluding hydrogens is 314 g/mol. The molecule has 0 aliphatic carbocycles. The molecule has 3 aliphatic heterocycles. The molecule has 1 unspecified atom stereocenters. The fourth-order valence-corrected chi connectivity index (χ4v) is 4.59. The Hall–Kier alpha value is -1.14. The van der Waals surface area contributed by atoms with Gasteiger partial charge in [0.05, 0.1) is 19.3 Å². The van der Waals surface area contributed by atoms with Crippen molar-refractivity contribution in [2.45, 2.75) is 45.0 Å². The molecule has 138 valence electrons. The standard InChI is InChI=1S/C20H31N3O2/c1-15-9-18(21-5-7-25-8-6-21)4-3-17(15)12-22-13-19-10-20(24)14-23(19)11-16(22)2/h3-4,9,16,19-20,24H,5-8,10-14H2,1-2H3/t16-,19?,20+/m0/s1. The molecule has 4 rings (SSSR count). The van der Waals surface area contributed by atoms with Crippen LogP contribution in [0.2, 0.25) is 0 Å². The van der Waals surface area contributed by atoms with Crippen molar-refractivity contribution in [2.75, 3.05) is 50.8 Å². The van der Waals surface area contributed by atoms with E-state index in [-0.39, 0.29) is 6.10 Å². The average molecular weight is 345 g/mol. The van der Waals surface area contributed by atoms with E-state index in [2.05, 4.69) is 46.7 Å². The molecule has 0 spiro atoms. The van der Waals surface area contributed by atoms with Gasteiger partial charge in [-0.05, 0) is 43.5 Å². The predicted octanol–water partition coefficient (Wildman–Crippen LogP) is 1.47. The monoisotopic (exact) mass is 345 g/mol. The van der Waals surface area contributed by atoms with E-state index < -0.39 is 0 Å². The molecule has 3 saturated heterocycles. The van der Waals surface area contributed by atoms with Gasteiger partial charge in [-0.2, -0.15) is 0 Å². The summed E-state index contributed by atoms with van der Waals surface area (Å²) in [6.45, 7) is 12.2. The van der Waals surface area contributed by atoms with Crippen LogP contribution in [-0.2, 0) is 11.3 Å². The quantitative estimate of drug-likeness (QED) is 0.898. The number of aryl methyl sites for hydroxylation is 1. The zero-order chi connectivity index (χ0) is 17.4. The van der Waals surface area contributed by atoms with Crippen molar-refractivity contribution >= 4 is 5.69 Å². The molecule has 0 bridgehead atoms. The summed E-state index contributed by atoms with van der Waals surface area (Å²) in [5.74, 6) is 0. The van der Waals surface area contributed by atoms with Crippen LogP contribution < -0.4 is 4.90 Å². The number of aliphatic hydroxyl groups excluding tert-OH is 1. The molecule has 3 heterocycles. The Morgan fingerprint density at radius 2 is 1.96 bits per heavy atom. The van der Waals surface area contributed by atoms with Crippen molar-refractivity contribution in [2.24, 2.45) is 0 Å². The second-order valence-electron chi connectivity index (χ2n) is 7.99. The number of hydrogen-bond donors (Lipinski definition) is 1. The van der Waals surface area contributed by atoms with Gasteiger partial charge < -0.3 is 14.7 Å². The lowest BCUT2D eigenvalue weighted by Gasteiger charge is -2.42. The lowest BCUT2D eigenvalue weighted by molar-refractivity contribution is 0.0527. The fraction of sp³-hybridized carbons (Fsp3) is 0.700. The van der Waals surface area contributed by atoms with E-state index in [0.29, 0.717) is 12.1 Å². The highest BCUT2D eigenvalue weighted by Crippen LogP contribution is 2.27. The van der Waals surface area contributed by atoms with Gasteiger partial charge in [-0.25, -0.2) is 0 Å². The average Bonchev–Trinajstić information content (AvgIpc) is 2.96. The Bertz CT molecular complexity index is 603. The molecular formula is C20H31N3O2. The molecule has 1 aromatic carbocycles. The van der Waals surface area contributed by atoms with Crippen molar-refractivity contribution in [1.29, 1.82) is 0 Å². The van der Waals surface area contributed by atoms with Crippen LogP contribution in [0, 0.1) is 6.92 Å². The molecule has 1 N–H and O–H groups in total. The molecule has 3 aliphatic rings. The molecule has 0 aromatic heterocycles. The van der Waals surface area contributed by atoms with Gasteiger partial charge in [-0.15, -0.1) is 0 Å². The van der Waals surface area contributed by atoms with Crippen molar-refractivity contribution in [3.63, 3.8) is 0 Å². The van der Waals surface area contributed by atoms with Crippen molar-refractivity contribution < 1.29 is 9.84 Å². The normalized spacial score (nSPS) is 31.3. The van der Waals surface area contributed by atoms with E-state index in [1.165, 1.54) is 16.8 Å². The van der Waals surface area contributed by atoms with Crippen molar-refractivity contribution in [3.05, 3.63) is 29.3 Å². The van der Waals surface area contributed by atoms with E-state index >= 15 is 0 Å². The van der Waals surface area contributed by atoms with Gasteiger partial charge in [0.2, 0.25) is 0 Å². The van der Waals surface area contributed by atoms with Gasteiger partial charge in [0.1, 0.15) is 0 Å². The SMILES string of the molecule is Cc1cc(N2CCOCC2)ccc1CN1CC2C[C@@H](O)CN2C[C@@H]1C. The lowest BCUT2D eigenvalue weighted by atomic mass is 10.0. The Morgan fingerprint density at radius 1 is 1.16 bits per heavy atom. The van der Waals surface area contributed by atoms with Crippen LogP contribution in [0.4, 0.5) is 5.69 Å². The molecule has 3 fully saturated rings. The number of benzene rings is 1. The van der Waals surface area contributed by atoms with Crippen LogP contribution in [0.15, 0.2) is 18.2 Å². The summed E-state index contributed by atoms with van der Waals surface area (Å²) in [4.78, 5) is 7.48. The van der Waals surface area contributed by atoms with Crippen LogP contribution in [0.5, 0.6) is 0 Å². The second kappa shape index (κ2) is 7.23. The number of nitrogens with zero attached hydrogens (tertiary/aromatic N) is 3. The van der Waals surface area contributed by atoms with Gasteiger partial charge in [-0.1, -0.05) is 6.07 Å². The van der Waals surface area contributed by atoms with E-state index in [0.717, 1.165) is 58.9 Å². The Morgan fingerprint density at radius 3 is 2.72 bits per heavy atom. The molecule has 0 amide bonds. The first-order valence-corrected chi connectivity index (χ1v) is 9.68. The zero-order valence-corrected chi connectivity index (χ0v) is 15.5. The summed E-state index contributed by atoms with van der Waals surface area (Å²) in [6.07, 6.45) is 0.796. The van der Waals surface area contributed by atoms with Crippen LogP contribution >= 0.6 is 0 Å². The van der Waals surface area contributed by atoms with Crippen LogP contribution in [0.1, 0.15) is 24.5 Å². The molecule has 1 aromatic rings. The number of anilines is 1. The number of morpholine rings is 1. The van der Waals surface area contributed by atoms with Gasteiger partial charge in [0.25, 0.3) is 0 Å². The smallest absolute Gasteiger partial charge is 0.0682 e. The third-order valence-corrected chi connectivity index (χ3v) is 6.15. The number of aliphatic hydroxyl groups is 1. The molecule has 25 heavy (non-hydrogen) atoms. The van der Waals surface area contributed by atoms with Crippen molar-refractivity contribution in [3.8, 4) is 0 Å². The van der Waals surface area contributed by atoms with Gasteiger partial charge in [-0.3, -0.25) is 9.80 Å². The number of ether oxygens (including phenoxy) is 1. The van der Waals surface area contributed by atoms with Crippen LogP contribution in [0.3, 0.4) is 0 Å². The highest BCUT2D eigenvalue weighted by molar-refractivity contribution is 5.51. The first-order valence-electron chi connectivity index (χ1n) is 9.68. The zero-order valence-electron chi connectivity index (χ0n) is 15.5. The third kappa shape index (κ3) is 3.70. The van der Waals surface area contributed by atoms with Crippen LogP contribution in [-0.4, -0.2) is 79.0 Å². The molecule has 3 atom stereocenters. The Kier molecular flexibility index (Phi) is 5.00. The first kappa shape index (κ1) is 17.3. The minimum atomic E-state index is -0.133. The molecule has 5 heteroatoms. The fourth-order valence-electron chi connectivity index (χ4n) is 4.59. The maximum atomic E-state index is 9.95. The Balaban J connectivity index is 1.43. The van der Waals surface area contributed by atoms with E-state index in [1.54, 1.807) is 0 Å². The second-order valence-corrected chi connectivity index (χ2v) is 7.99. The first-order chi connectivity index (χ1) is 12.1. The Labute approximate surface area is 151 Å². The summed E-state index contributed by atoms with van der Waals surface area (Å²) >= 11 is 0. The molecule has 0 radical (unpaired) electrons. The summed E-state index contributed by atoms with van der Waals surface area (Å²) in [5.41, 5.74) is 4.13. The number of piperazine rings is 1. The van der Waals surface area contributed by atoms with Crippen LogP contribution in [0.25, 0.3) is 0 Å². The van der Waals surface area contributed by atoms with Gasteiger partial charge >= 0.3 is 0 Å². The maximum Gasteiger partial charge on any atom is 0.0682 e. The lowest BCUT2D eigenvalue weighted by Crippen LogP contribution is -2.54. The highest BCUT2D eigenvalue weighted by Gasteiger charge is 2.38. The van der Waals surface area contributed by atoms with Crippen molar-refractivity contribution in [1.82, 2.24) is 9.80 Å². The minimum Gasteiger partial charge on any atom is -0.392 e. The largest absolute Gasteiger partial charge is 0.392 e. The van der Waals surface area contributed by atoms with E-state index in [9.17, 15) is 5.11 Å². The number of fused-ring (bicyclic) bond motifs is 1. The number of rotatable bonds is 3. The van der Waals surface area contributed by atoms with E-state index in [4.69, 9.17) is 4.74 Å². The summed E-state index contributed by atoms with van der Waals surface area (Å²) in [7, 11) is 0.